The van der Waals surface area contributed by atoms with Crippen molar-refractivity contribution in [3.05, 3.63) is 131 Å². The molecule has 1 aromatic heterocycles. The average Bonchev–Trinajstić information content (AvgIpc) is 3.54. The fourth-order valence-corrected chi connectivity index (χ4v) is 7.50. The maximum atomic E-state index is 5.12. The first-order valence-electron chi connectivity index (χ1n) is 17.8. The molecule has 0 unspecified atom stereocenters. The van der Waals surface area contributed by atoms with Gasteiger partial charge in [-0.05, 0) is 121 Å². The molecule has 1 fully saturated rings. The van der Waals surface area contributed by atoms with Gasteiger partial charge in [0.2, 0.25) is 0 Å². The third-order valence-corrected chi connectivity index (χ3v) is 10.3. The number of benzene rings is 5. The maximum Gasteiger partial charge on any atom is 0.158 e. The molecule has 0 atom stereocenters. The van der Waals surface area contributed by atoms with Gasteiger partial charge in [0.15, 0.2) is 11.6 Å². The second-order valence-corrected chi connectivity index (χ2v) is 13.8. The zero-order chi connectivity index (χ0) is 33.2. The number of hydrogen-bond donors (Lipinski definition) is 0. The highest BCUT2D eigenvalue weighted by atomic mass is 15.4. The van der Waals surface area contributed by atoms with Gasteiger partial charge in [0.25, 0.3) is 0 Å². The molecule has 0 N–H and O–H groups in total. The van der Waals surface area contributed by atoms with Crippen LogP contribution in [-0.4, -0.2) is 14.8 Å². The SMILES string of the molecule is CCCc1nc(-c2cccc(-c3cccc(-c4cc(-c5ccc(C)cc5)c(C)c(-c5ccc(C)cc5)c4)c3C)c2)n(C2CCCCC2)n1. The van der Waals surface area contributed by atoms with Gasteiger partial charge in [0, 0.05) is 12.0 Å². The van der Waals surface area contributed by atoms with Crippen LogP contribution in [0.25, 0.3) is 55.9 Å². The third kappa shape index (κ3) is 6.39. The Hall–Kier alpha value is -4.76. The van der Waals surface area contributed by atoms with E-state index < -0.39 is 0 Å². The number of rotatable bonds is 8. The topological polar surface area (TPSA) is 30.7 Å². The predicted molar refractivity (Wildman–Crippen MR) is 202 cm³/mol. The van der Waals surface area contributed by atoms with Crippen LogP contribution in [0.4, 0.5) is 0 Å². The third-order valence-electron chi connectivity index (χ3n) is 10.3. The Morgan fingerprint density at radius 3 is 1.71 bits per heavy atom. The maximum absolute atomic E-state index is 5.12. The summed E-state index contributed by atoms with van der Waals surface area (Å²) < 4.78 is 2.26. The van der Waals surface area contributed by atoms with E-state index in [1.54, 1.807) is 0 Å². The highest BCUT2D eigenvalue weighted by Crippen LogP contribution is 2.40. The lowest BCUT2D eigenvalue weighted by Gasteiger charge is -2.23. The van der Waals surface area contributed by atoms with E-state index in [1.165, 1.54) is 98.9 Å². The van der Waals surface area contributed by atoms with Crippen molar-refractivity contribution in [3.8, 4) is 55.9 Å². The molecule has 1 aliphatic carbocycles. The van der Waals surface area contributed by atoms with Crippen molar-refractivity contribution in [1.29, 1.82) is 0 Å². The van der Waals surface area contributed by atoms with Gasteiger partial charge >= 0.3 is 0 Å². The Morgan fingerprint density at radius 2 is 1.10 bits per heavy atom. The fourth-order valence-electron chi connectivity index (χ4n) is 7.50. The molecule has 3 nitrogen and oxygen atoms in total. The average molecular weight is 630 g/mol. The minimum absolute atomic E-state index is 0.438. The molecule has 242 valence electrons. The van der Waals surface area contributed by atoms with Crippen molar-refractivity contribution in [3.63, 3.8) is 0 Å². The van der Waals surface area contributed by atoms with Gasteiger partial charge < -0.3 is 0 Å². The predicted octanol–water partition coefficient (Wildman–Crippen LogP) is 12.3. The molecular formula is C45H47N3. The minimum Gasteiger partial charge on any atom is -0.242 e. The van der Waals surface area contributed by atoms with Gasteiger partial charge in [-0.15, -0.1) is 0 Å². The highest BCUT2D eigenvalue weighted by molar-refractivity contribution is 5.88. The van der Waals surface area contributed by atoms with Gasteiger partial charge in [-0.1, -0.05) is 122 Å². The smallest absolute Gasteiger partial charge is 0.158 e. The van der Waals surface area contributed by atoms with Crippen LogP contribution in [0.5, 0.6) is 0 Å². The Balaban J connectivity index is 1.33. The Kier molecular flexibility index (Phi) is 9.13. The molecule has 0 aliphatic heterocycles. The molecule has 0 saturated heterocycles. The van der Waals surface area contributed by atoms with Gasteiger partial charge in [-0.2, -0.15) is 5.10 Å². The summed E-state index contributed by atoms with van der Waals surface area (Å²) in [5.74, 6) is 1.99. The molecule has 6 aromatic rings. The first-order chi connectivity index (χ1) is 23.4. The summed E-state index contributed by atoms with van der Waals surface area (Å²) >= 11 is 0. The van der Waals surface area contributed by atoms with E-state index in [-0.39, 0.29) is 0 Å². The fraction of sp³-hybridized carbons (Fsp3) is 0.289. The molecule has 48 heavy (non-hydrogen) atoms. The molecular weight excluding hydrogens is 583 g/mol. The van der Waals surface area contributed by atoms with Gasteiger partial charge in [-0.3, -0.25) is 0 Å². The molecule has 3 heteroatoms. The summed E-state index contributed by atoms with van der Waals surface area (Å²) in [4.78, 5) is 5.12. The molecule has 1 heterocycles. The van der Waals surface area contributed by atoms with Gasteiger partial charge in [-0.25, -0.2) is 9.67 Å². The molecule has 5 aromatic carbocycles. The molecule has 0 spiro atoms. The zero-order valence-corrected chi connectivity index (χ0v) is 29.2. The quantitative estimate of drug-likeness (QED) is 0.168. The van der Waals surface area contributed by atoms with E-state index in [9.17, 15) is 0 Å². The number of aryl methyl sites for hydroxylation is 3. The van der Waals surface area contributed by atoms with Crippen LogP contribution in [0, 0.1) is 27.7 Å². The Labute approximate surface area is 286 Å². The van der Waals surface area contributed by atoms with Crippen LogP contribution in [0.15, 0.2) is 103 Å². The number of aromatic nitrogens is 3. The lowest BCUT2D eigenvalue weighted by Crippen LogP contribution is -2.15. The lowest BCUT2D eigenvalue weighted by atomic mass is 9.86. The van der Waals surface area contributed by atoms with E-state index in [0.29, 0.717) is 6.04 Å². The standard InChI is InChI=1S/C45H47N3/c1-6-12-44-46-45(48(47-44)39-15-8-7-9-16-39)37-14-10-13-36(27-37)40-17-11-18-41(32(40)4)38-28-42(34-23-19-30(2)20-24-34)33(5)43(29-38)35-25-21-31(3)22-26-35/h10-11,13-14,17-29,39H,6-9,12,15-16H2,1-5H3. The highest BCUT2D eigenvalue weighted by Gasteiger charge is 2.22. The molecule has 0 radical (unpaired) electrons. The van der Waals surface area contributed by atoms with Crippen LogP contribution in [0.3, 0.4) is 0 Å². The molecule has 1 saturated carbocycles. The zero-order valence-electron chi connectivity index (χ0n) is 29.2. The van der Waals surface area contributed by atoms with Crippen molar-refractivity contribution in [2.45, 2.75) is 85.6 Å². The van der Waals surface area contributed by atoms with Gasteiger partial charge in [0.1, 0.15) is 0 Å². The first-order valence-corrected chi connectivity index (χ1v) is 17.8. The summed E-state index contributed by atoms with van der Waals surface area (Å²) in [7, 11) is 0. The van der Waals surface area contributed by atoms with Crippen molar-refractivity contribution in [1.82, 2.24) is 14.8 Å². The molecule has 1 aliphatic rings. The van der Waals surface area contributed by atoms with Crippen molar-refractivity contribution >= 4 is 0 Å². The largest absolute Gasteiger partial charge is 0.242 e. The molecule has 7 rings (SSSR count). The number of hydrogen-bond acceptors (Lipinski definition) is 2. The summed E-state index contributed by atoms with van der Waals surface area (Å²) in [6.45, 7) is 11.1. The van der Waals surface area contributed by atoms with Crippen LogP contribution in [0.1, 0.15) is 79.6 Å². The van der Waals surface area contributed by atoms with E-state index in [2.05, 4.69) is 142 Å². The van der Waals surface area contributed by atoms with Crippen molar-refractivity contribution < 1.29 is 0 Å². The Morgan fingerprint density at radius 1 is 0.562 bits per heavy atom. The molecule has 0 amide bonds. The van der Waals surface area contributed by atoms with Crippen LogP contribution in [0.2, 0.25) is 0 Å². The summed E-state index contributed by atoms with van der Waals surface area (Å²) in [5.41, 5.74) is 16.3. The van der Waals surface area contributed by atoms with E-state index in [4.69, 9.17) is 10.1 Å². The minimum atomic E-state index is 0.438. The number of nitrogens with zero attached hydrogens (tertiary/aromatic N) is 3. The van der Waals surface area contributed by atoms with E-state index in [0.717, 1.165) is 30.1 Å². The van der Waals surface area contributed by atoms with Crippen LogP contribution >= 0.6 is 0 Å². The normalized spacial score (nSPS) is 13.6. The van der Waals surface area contributed by atoms with Crippen LogP contribution < -0.4 is 0 Å². The summed E-state index contributed by atoms with van der Waals surface area (Å²) in [5, 5.41) is 5.06. The van der Waals surface area contributed by atoms with Crippen molar-refractivity contribution in [2.75, 3.05) is 0 Å². The first kappa shape index (κ1) is 31.8. The lowest BCUT2D eigenvalue weighted by molar-refractivity contribution is 0.330. The summed E-state index contributed by atoms with van der Waals surface area (Å²) in [6, 6.07) is 38.8. The Bertz CT molecular complexity index is 1970. The monoisotopic (exact) mass is 629 g/mol. The second kappa shape index (κ2) is 13.8. The second-order valence-electron chi connectivity index (χ2n) is 13.8. The molecule has 0 bridgehead atoms. The van der Waals surface area contributed by atoms with E-state index in [1.807, 2.05) is 0 Å². The van der Waals surface area contributed by atoms with Crippen molar-refractivity contribution in [2.24, 2.45) is 0 Å². The van der Waals surface area contributed by atoms with Gasteiger partial charge in [0.05, 0.1) is 6.04 Å². The summed E-state index contributed by atoms with van der Waals surface area (Å²) in [6.07, 6.45) is 8.22. The van der Waals surface area contributed by atoms with Crippen LogP contribution in [-0.2, 0) is 6.42 Å². The van der Waals surface area contributed by atoms with E-state index >= 15 is 0 Å².